The first kappa shape index (κ1) is 23.3. The molecule has 2 aliphatic heterocycles. The highest BCUT2D eigenvalue weighted by Crippen LogP contribution is 2.28. The standard InChI is InChI=1S/C22H25Cl2N3O4S/c1-16-2-3-17(23)14-21(16)25-6-8-26(9-7-25)22(28)19-15-18(4-5-20(19)24)32(29,30)27-10-12-31-13-11-27/h2-5,14-15H,6-13H2,1H3. The summed E-state index contributed by atoms with van der Waals surface area (Å²) in [5.41, 5.74) is 2.38. The van der Waals surface area contributed by atoms with Crippen LogP contribution in [-0.4, -0.2) is 76.0 Å². The Kier molecular flexibility index (Phi) is 6.97. The molecule has 0 atom stereocenters. The second-order valence-corrected chi connectivity index (χ2v) is 10.6. The van der Waals surface area contributed by atoms with Crippen molar-refractivity contribution in [3.05, 3.63) is 57.6 Å². The third-order valence-electron chi connectivity index (χ3n) is 5.85. The summed E-state index contributed by atoms with van der Waals surface area (Å²) in [5.74, 6) is -0.267. The molecule has 0 radical (unpaired) electrons. The lowest BCUT2D eigenvalue weighted by atomic mass is 10.1. The van der Waals surface area contributed by atoms with Crippen molar-refractivity contribution in [1.82, 2.24) is 9.21 Å². The Morgan fingerprint density at radius 1 is 0.938 bits per heavy atom. The number of carbonyl (C=O) groups is 1. The van der Waals surface area contributed by atoms with E-state index in [0.717, 1.165) is 11.3 Å². The van der Waals surface area contributed by atoms with E-state index in [1.165, 1.54) is 22.5 Å². The minimum absolute atomic E-state index is 0.0698. The maximum atomic E-state index is 13.2. The predicted octanol–water partition coefficient (Wildman–Crippen LogP) is 3.29. The number of hydrogen-bond acceptors (Lipinski definition) is 5. The topological polar surface area (TPSA) is 70.2 Å². The van der Waals surface area contributed by atoms with Crippen LogP contribution in [-0.2, 0) is 14.8 Å². The summed E-state index contributed by atoms with van der Waals surface area (Å²) >= 11 is 12.5. The van der Waals surface area contributed by atoms with Crippen molar-refractivity contribution in [2.75, 3.05) is 57.4 Å². The van der Waals surface area contributed by atoms with Crippen LogP contribution in [0.1, 0.15) is 15.9 Å². The summed E-state index contributed by atoms with van der Waals surface area (Å²) in [4.78, 5) is 17.2. The first-order valence-electron chi connectivity index (χ1n) is 10.5. The molecule has 0 spiro atoms. The fraction of sp³-hybridized carbons (Fsp3) is 0.409. The van der Waals surface area contributed by atoms with E-state index in [4.69, 9.17) is 27.9 Å². The number of rotatable bonds is 4. The number of morpholine rings is 1. The van der Waals surface area contributed by atoms with Crippen molar-refractivity contribution in [3.63, 3.8) is 0 Å². The minimum Gasteiger partial charge on any atom is -0.379 e. The van der Waals surface area contributed by atoms with Crippen LogP contribution < -0.4 is 4.90 Å². The summed E-state index contributed by atoms with van der Waals surface area (Å²) in [5, 5.41) is 0.915. The molecule has 0 bridgehead atoms. The first-order chi connectivity index (χ1) is 15.3. The van der Waals surface area contributed by atoms with Crippen LogP contribution in [0, 0.1) is 6.92 Å². The van der Waals surface area contributed by atoms with Gasteiger partial charge in [0, 0.05) is 50.0 Å². The van der Waals surface area contributed by atoms with Gasteiger partial charge >= 0.3 is 0 Å². The lowest BCUT2D eigenvalue weighted by Crippen LogP contribution is -2.49. The van der Waals surface area contributed by atoms with Gasteiger partial charge in [-0.05, 0) is 42.8 Å². The van der Waals surface area contributed by atoms with E-state index in [1.807, 2.05) is 25.1 Å². The molecule has 2 aromatic carbocycles. The first-order valence-corrected chi connectivity index (χ1v) is 12.6. The van der Waals surface area contributed by atoms with Gasteiger partial charge in [0.25, 0.3) is 5.91 Å². The van der Waals surface area contributed by atoms with Gasteiger partial charge in [0.2, 0.25) is 10.0 Å². The summed E-state index contributed by atoms with van der Waals surface area (Å²) < 4.78 is 32.6. The maximum Gasteiger partial charge on any atom is 0.255 e. The third kappa shape index (κ3) is 4.75. The molecule has 2 aliphatic rings. The molecule has 4 rings (SSSR count). The van der Waals surface area contributed by atoms with Gasteiger partial charge in [-0.3, -0.25) is 4.79 Å². The molecule has 0 unspecified atom stereocenters. The Morgan fingerprint density at radius 2 is 1.62 bits per heavy atom. The second-order valence-electron chi connectivity index (χ2n) is 7.87. The number of amides is 1. The van der Waals surface area contributed by atoms with E-state index in [1.54, 1.807) is 4.90 Å². The number of carbonyl (C=O) groups excluding carboxylic acids is 1. The summed E-state index contributed by atoms with van der Waals surface area (Å²) in [6.07, 6.45) is 0. The highest BCUT2D eigenvalue weighted by atomic mass is 35.5. The van der Waals surface area contributed by atoms with Gasteiger partial charge < -0.3 is 14.5 Å². The Hall–Kier alpha value is -1.84. The number of hydrogen-bond donors (Lipinski definition) is 0. The van der Waals surface area contributed by atoms with Gasteiger partial charge in [0.1, 0.15) is 0 Å². The molecule has 2 fully saturated rings. The molecule has 0 N–H and O–H groups in total. The highest BCUT2D eigenvalue weighted by molar-refractivity contribution is 7.89. The fourth-order valence-electron chi connectivity index (χ4n) is 4.01. The van der Waals surface area contributed by atoms with Crippen LogP contribution in [0.5, 0.6) is 0 Å². The van der Waals surface area contributed by atoms with E-state index in [0.29, 0.717) is 57.5 Å². The number of piperazine rings is 1. The number of benzene rings is 2. The minimum atomic E-state index is -3.72. The van der Waals surface area contributed by atoms with Crippen molar-refractivity contribution in [3.8, 4) is 0 Å². The molecule has 2 heterocycles. The largest absolute Gasteiger partial charge is 0.379 e. The number of anilines is 1. The zero-order valence-electron chi connectivity index (χ0n) is 17.8. The predicted molar refractivity (Wildman–Crippen MR) is 125 cm³/mol. The summed E-state index contributed by atoms with van der Waals surface area (Å²) in [6.45, 7) is 5.63. The average molecular weight is 498 g/mol. The Balaban J connectivity index is 1.50. The van der Waals surface area contributed by atoms with Gasteiger partial charge in [-0.15, -0.1) is 0 Å². The molecule has 1 amide bonds. The van der Waals surface area contributed by atoms with Crippen LogP contribution in [0.4, 0.5) is 5.69 Å². The van der Waals surface area contributed by atoms with Crippen LogP contribution >= 0.6 is 23.2 Å². The average Bonchev–Trinajstić information content (AvgIpc) is 2.81. The van der Waals surface area contributed by atoms with Crippen LogP contribution in [0.15, 0.2) is 41.3 Å². The molecule has 2 saturated heterocycles. The van der Waals surface area contributed by atoms with Gasteiger partial charge in [-0.1, -0.05) is 29.3 Å². The normalized spacial score (nSPS) is 18.1. The van der Waals surface area contributed by atoms with E-state index in [9.17, 15) is 13.2 Å². The van der Waals surface area contributed by atoms with Crippen LogP contribution in [0.2, 0.25) is 10.0 Å². The number of halogens is 2. The smallest absolute Gasteiger partial charge is 0.255 e. The van der Waals surface area contributed by atoms with Crippen molar-refractivity contribution < 1.29 is 17.9 Å². The molecule has 32 heavy (non-hydrogen) atoms. The lowest BCUT2D eigenvalue weighted by molar-refractivity contribution is 0.0729. The molecule has 7 nitrogen and oxygen atoms in total. The molecule has 2 aromatic rings. The van der Waals surface area contributed by atoms with E-state index >= 15 is 0 Å². The van der Waals surface area contributed by atoms with Crippen molar-refractivity contribution >= 4 is 44.8 Å². The van der Waals surface area contributed by atoms with E-state index in [2.05, 4.69) is 4.90 Å². The highest BCUT2D eigenvalue weighted by Gasteiger charge is 2.29. The van der Waals surface area contributed by atoms with Gasteiger partial charge in [-0.25, -0.2) is 8.42 Å². The lowest BCUT2D eigenvalue weighted by Gasteiger charge is -2.37. The Morgan fingerprint density at radius 3 is 2.31 bits per heavy atom. The van der Waals surface area contributed by atoms with Crippen molar-refractivity contribution in [1.29, 1.82) is 0 Å². The van der Waals surface area contributed by atoms with Crippen molar-refractivity contribution in [2.45, 2.75) is 11.8 Å². The number of nitrogens with zero attached hydrogens (tertiary/aromatic N) is 3. The number of sulfonamides is 1. The monoisotopic (exact) mass is 497 g/mol. The quantitative estimate of drug-likeness (QED) is 0.647. The Bertz CT molecular complexity index is 1110. The van der Waals surface area contributed by atoms with Crippen molar-refractivity contribution in [2.24, 2.45) is 0 Å². The van der Waals surface area contributed by atoms with E-state index in [-0.39, 0.29) is 21.4 Å². The zero-order chi connectivity index (χ0) is 22.9. The third-order valence-corrected chi connectivity index (χ3v) is 8.31. The number of ether oxygens (including phenoxy) is 1. The molecule has 10 heteroatoms. The van der Waals surface area contributed by atoms with Gasteiger partial charge in [0.15, 0.2) is 0 Å². The van der Waals surface area contributed by atoms with E-state index < -0.39 is 10.0 Å². The van der Waals surface area contributed by atoms with Gasteiger partial charge in [0.05, 0.1) is 28.7 Å². The molecule has 0 saturated carbocycles. The second kappa shape index (κ2) is 9.57. The zero-order valence-corrected chi connectivity index (χ0v) is 20.1. The van der Waals surface area contributed by atoms with Crippen LogP contribution in [0.25, 0.3) is 0 Å². The molecular weight excluding hydrogens is 473 g/mol. The number of aryl methyl sites for hydroxylation is 1. The molecule has 0 aromatic heterocycles. The SMILES string of the molecule is Cc1ccc(Cl)cc1N1CCN(C(=O)c2cc(S(=O)(=O)N3CCOCC3)ccc2Cl)CC1. The summed E-state index contributed by atoms with van der Waals surface area (Å²) in [7, 11) is -3.72. The van der Waals surface area contributed by atoms with Gasteiger partial charge in [-0.2, -0.15) is 4.31 Å². The maximum absolute atomic E-state index is 13.2. The fourth-order valence-corrected chi connectivity index (χ4v) is 5.81. The van der Waals surface area contributed by atoms with Crippen LogP contribution in [0.3, 0.4) is 0 Å². The Labute approximate surface area is 198 Å². The molecule has 172 valence electrons. The summed E-state index contributed by atoms with van der Waals surface area (Å²) in [6, 6.07) is 10.1. The molecule has 0 aliphatic carbocycles. The molecular formula is C22H25Cl2N3O4S.